The van der Waals surface area contributed by atoms with Crippen LogP contribution >= 0.6 is 15.9 Å². The van der Waals surface area contributed by atoms with E-state index < -0.39 is 35.1 Å². The lowest BCUT2D eigenvalue weighted by atomic mass is 9.70. The van der Waals surface area contributed by atoms with E-state index in [4.69, 9.17) is 9.84 Å². The first-order chi connectivity index (χ1) is 17.1. The summed E-state index contributed by atoms with van der Waals surface area (Å²) < 4.78 is 6.51. The summed E-state index contributed by atoms with van der Waals surface area (Å²) in [7, 11) is 0. The molecule has 3 amide bonds. The second-order valence-corrected chi connectivity index (χ2v) is 12.5. The Morgan fingerprint density at radius 2 is 1.83 bits per heavy atom. The number of carbonyl (C=O) groups excluding carboxylic acids is 3. The number of fused-ring (bicyclic) bond motifs is 1. The van der Waals surface area contributed by atoms with E-state index in [1.165, 1.54) is 0 Å². The van der Waals surface area contributed by atoms with Gasteiger partial charge >= 0.3 is 0 Å². The van der Waals surface area contributed by atoms with Crippen molar-refractivity contribution in [2.75, 3.05) is 13.2 Å². The molecule has 4 rings (SSSR count). The third-order valence-electron chi connectivity index (χ3n) is 7.46. The number of benzene rings is 1. The van der Waals surface area contributed by atoms with Crippen LogP contribution < -0.4 is 10.6 Å². The van der Waals surface area contributed by atoms with Gasteiger partial charge in [-0.1, -0.05) is 59.1 Å². The molecule has 6 atom stereocenters. The van der Waals surface area contributed by atoms with Crippen molar-refractivity contribution in [3.05, 3.63) is 35.9 Å². The minimum Gasteiger partial charge on any atom is -0.396 e. The van der Waals surface area contributed by atoms with Gasteiger partial charge in [-0.25, -0.2) is 0 Å². The van der Waals surface area contributed by atoms with Crippen molar-refractivity contribution in [2.45, 2.75) is 87.5 Å². The monoisotopic (exact) mass is 563 g/mol. The Morgan fingerprint density at radius 1 is 1.14 bits per heavy atom. The third kappa shape index (κ3) is 5.20. The van der Waals surface area contributed by atoms with Crippen LogP contribution in [-0.4, -0.2) is 69.0 Å². The molecule has 8 nitrogen and oxygen atoms in total. The number of carbonyl (C=O) groups is 3. The van der Waals surface area contributed by atoms with Crippen molar-refractivity contribution < 1.29 is 24.2 Å². The zero-order valence-corrected chi connectivity index (χ0v) is 22.9. The van der Waals surface area contributed by atoms with Crippen LogP contribution in [0.1, 0.15) is 58.4 Å². The number of halogens is 1. The van der Waals surface area contributed by atoms with Crippen LogP contribution in [0.5, 0.6) is 0 Å². The van der Waals surface area contributed by atoms with E-state index in [0.29, 0.717) is 25.9 Å². The third-order valence-corrected chi connectivity index (χ3v) is 8.30. The fourth-order valence-corrected chi connectivity index (χ4v) is 7.00. The van der Waals surface area contributed by atoms with E-state index in [1.807, 2.05) is 51.1 Å². The molecular weight excluding hydrogens is 526 g/mol. The minimum atomic E-state index is -1.04. The number of alkyl halides is 1. The van der Waals surface area contributed by atoms with Crippen molar-refractivity contribution in [3.63, 3.8) is 0 Å². The molecule has 36 heavy (non-hydrogen) atoms. The molecule has 3 aliphatic heterocycles. The summed E-state index contributed by atoms with van der Waals surface area (Å²) in [6, 6.07) is 8.86. The molecule has 198 valence electrons. The molecule has 0 saturated carbocycles. The van der Waals surface area contributed by atoms with Gasteiger partial charge in [-0.3, -0.25) is 14.4 Å². The molecular formula is C27H38BrN3O5. The molecule has 0 aliphatic carbocycles. The predicted octanol–water partition coefficient (Wildman–Crippen LogP) is 2.52. The van der Waals surface area contributed by atoms with Gasteiger partial charge in [0.15, 0.2) is 0 Å². The highest BCUT2D eigenvalue weighted by molar-refractivity contribution is 9.09. The van der Waals surface area contributed by atoms with Crippen LogP contribution in [0.2, 0.25) is 0 Å². The lowest BCUT2D eigenvalue weighted by Gasteiger charge is -2.36. The Labute approximate surface area is 221 Å². The molecule has 3 heterocycles. The molecule has 1 aromatic rings. The molecule has 3 unspecified atom stereocenters. The van der Waals surface area contributed by atoms with Crippen LogP contribution in [0, 0.1) is 11.8 Å². The van der Waals surface area contributed by atoms with E-state index in [0.717, 1.165) is 24.8 Å². The first kappa shape index (κ1) is 27.1. The summed E-state index contributed by atoms with van der Waals surface area (Å²) >= 11 is 3.70. The summed E-state index contributed by atoms with van der Waals surface area (Å²) in [5.74, 6) is -1.98. The van der Waals surface area contributed by atoms with Gasteiger partial charge in [0.25, 0.3) is 0 Å². The van der Waals surface area contributed by atoms with Crippen LogP contribution in [0.3, 0.4) is 0 Å². The number of unbranched alkanes of at least 4 members (excludes halogenated alkanes) is 3. The van der Waals surface area contributed by atoms with Crippen molar-refractivity contribution in [2.24, 2.45) is 11.8 Å². The summed E-state index contributed by atoms with van der Waals surface area (Å²) in [5, 5.41) is 15.1. The SMILES string of the molecule is CC(C)(C)NC(=O)C1N(CCCCCCO)C(=O)[C@@H]2[C@@H](C(=O)NCc3ccccc3)[C@@H]3OC12CC3Br. The molecule has 3 fully saturated rings. The Bertz CT molecular complexity index is 968. The van der Waals surface area contributed by atoms with Crippen molar-refractivity contribution in [1.29, 1.82) is 0 Å². The first-order valence-corrected chi connectivity index (χ1v) is 13.9. The molecule has 3 saturated heterocycles. The highest BCUT2D eigenvalue weighted by Crippen LogP contribution is 2.60. The number of amides is 3. The second-order valence-electron chi connectivity index (χ2n) is 11.3. The fourth-order valence-electron chi connectivity index (χ4n) is 6.06. The number of ether oxygens (including phenoxy) is 1. The zero-order chi connectivity index (χ0) is 26.1. The van der Waals surface area contributed by atoms with Gasteiger partial charge in [-0.2, -0.15) is 0 Å². The molecule has 9 heteroatoms. The van der Waals surface area contributed by atoms with Crippen molar-refractivity contribution in [1.82, 2.24) is 15.5 Å². The lowest BCUT2D eigenvalue weighted by molar-refractivity contribution is -0.142. The Hall–Kier alpha value is -1.97. The highest BCUT2D eigenvalue weighted by Gasteiger charge is 2.76. The van der Waals surface area contributed by atoms with Gasteiger partial charge in [0, 0.05) is 30.1 Å². The van der Waals surface area contributed by atoms with Crippen molar-refractivity contribution in [3.8, 4) is 0 Å². The smallest absolute Gasteiger partial charge is 0.246 e. The Kier molecular flexibility index (Phi) is 8.12. The topological polar surface area (TPSA) is 108 Å². The number of nitrogens with one attached hydrogen (secondary N) is 2. The van der Waals surface area contributed by atoms with E-state index in [2.05, 4.69) is 26.6 Å². The summed E-state index contributed by atoms with van der Waals surface area (Å²) in [6.07, 6.45) is 3.18. The zero-order valence-electron chi connectivity index (χ0n) is 21.3. The summed E-state index contributed by atoms with van der Waals surface area (Å²) in [4.78, 5) is 42.5. The number of nitrogens with zero attached hydrogens (tertiary/aromatic N) is 1. The fraction of sp³-hybridized carbons (Fsp3) is 0.667. The van der Waals surface area contributed by atoms with Crippen LogP contribution in [0.25, 0.3) is 0 Å². The van der Waals surface area contributed by atoms with Gasteiger partial charge in [0.2, 0.25) is 17.7 Å². The number of likely N-dealkylation sites (tertiary alicyclic amines) is 1. The second kappa shape index (κ2) is 10.8. The van der Waals surface area contributed by atoms with Crippen LogP contribution in [-0.2, 0) is 25.7 Å². The number of aliphatic hydroxyl groups excluding tert-OH is 1. The van der Waals surface area contributed by atoms with Gasteiger partial charge in [0.1, 0.15) is 11.6 Å². The maximum absolute atomic E-state index is 13.9. The molecule has 2 bridgehead atoms. The lowest BCUT2D eigenvalue weighted by Crippen LogP contribution is -2.58. The van der Waals surface area contributed by atoms with Gasteiger partial charge < -0.3 is 25.4 Å². The quantitative estimate of drug-likeness (QED) is 0.299. The van der Waals surface area contributed by atoms with E-state index in [9.17, 15) is 14.4 Å². The Balaban J connectivity index is 1.59. The predicted molar refractivity (Wildman–Crippen MR) is 139 cm³/mol. The molecule has 0 radical (unpaired) electrons. The highest BCUT2D eigenvalue weighted by atomic mass is 79.9. The molecule has 3 aliphatic rings. The average molecular weight is 565 g/mol. The molecule has 3 N–H and O–H groups in total. The molecule has 1 aromatic carbocycles. The van der Waals surface area contributed by atoms with Crippen molar-refractivity contribution >= 4 is 33.7 Å². The molecule has 0 aromatic heterocycles. The van der Waals surface area contributed by atoms with Gasteiger partial charge in [0.05, 0.1) is 17.9 Å². The largest absolute Gasteiger partial charge is 0.396 e. The van der Waals surface area contributed by atoms with E-state index >= 15 is 0 Å². The normalized spacial score (nSPS) is 31.0. The Morgan fingerprint density at radius 3 is 2.50 bits per heavy atom. The van der Waals surface area contributed by atoms with E-state index in [-0.39, 0.29) is 29.2 Å². The van der Waals surface area contributed by atoms with Crippen LogP contribution in [0.15, 0.2) is 30.3 Å². The summed E-state index contributed by atoms with van der Waals surface area (Å²) in [5.41, 5.74) is -0.534. The van der Waals surface area contributed by atoms with E-state index in [1.54, 1.807) is 4.90 Å². The average Bonchev–Trinajstić information content (AvgIpc) is 3.40. The van der Waals surface area contributed by atoms with Gasteiger partial charge in [-0.15, -0.1) is 0 Å². The maximum atomic E-state index is 13.9. The maximum Gasteiger partial charge on any atom is 0.246 e. The standard InChI is InChI=1S/C27H38BrN3O5/c1-26(2,3)30-24(34)22-27-15-18(28)21(36-27)19(23(33)29-16-17-11-7-6-8-12-17)20(27)25(35)31(22)13-9-4-5-10-14-32/h6-8,11-12,18-22,32H,4-5,9-10,13-16H2,1-3H3,(H,29,33)(H,30,34)/t18?,19-,20+,21-,22?,27?/m1/s1. The number of hydrogen-bond acceptors (Lipinski definition) is 5. The van der Waals surface area contributed by atoms with Crippen LogP contribution in [0.4, 0.5) is 0 Å². The van der Waals surface area contributed by atoms with Gasteiger partial charge in [-0.05, 0) is 45.6 Å². The first-order valence-electron chi connectivity index (χ1n) is 13.0. The molecule has 1 spiro atoms. The number of hydrogen-bond donors (Lipinski definition) is 3. The number of rotatable bonds is 10. The summed E-state index contributed by atoms with van der Waals surface area (Å²) in [6.45, 7) is 6.67. The minimum absolute atomic E-state index is 0.122. The number of aliphatic hydroxyl groups is 1.